The van der Waals surface area contributed by atoms with Crippen LogP contribution in [0.4, 0.5) is 10.5 Å². The molecule has 0 unspecified atom stereocenters. The van der Waals surface area contributed by atoms with Crippen LogP contribution in [0.15, 0.2) is 36.4 Å². The summed E-state index contributed by atoms with van der Waals surface area (Å²) < 4.78 is 5.25. The van der Waals surface area contributed by atoms with Gasteiger partial charge in [-0.05, 0) is 25.1 Å². The van der Waals surface area contributed by atoms with E-state index in [1.807, 2.05) is 6.92 Å². The van der Waals surface area contributed by atoms with E-state index in [-0.39, 0.29) is 6.03 Å². The maximum absolute atomic E-state index is 11.5. The lowest BCUT2D eigenvalue weighted by molar-refractivity contribution is 0.159. The molecule has 0 atom stereocenters. The molecule has 18 heavy (non-hydrogen) atoms. The Kier molecular flexibility index (Phi) is 6.25. The van der Waals surface area contributed by atoms with Crippen LogP contribution < -0.4 is 10.6 Å². The molecular weight excluding hydrogens is 252 g/mol. The topological polar surface area (TPSA) is 50.4 Å². The molecule has 0 saturated carbocycles. The van der Waals surface area contributed by atoms with Crippen molar-refractivity contribution in [2.75, 3.05) is 25.1 Å². The second-order valence-electron chi connectivity index (χ2n) is 3.90. The Hall–Kier alpha value is -1.52. The Morgan fingerprint density at radius 2 is 2.28 bits per heavy atom. The van der Waals surface area contributed by atoms with Crippen molar-refractivity contribution in [3.8, 4) is 0 Å². The number of hydrogen-bond acceptors (Lipinski definition) is 2. The van der Waals surface area contributed by atoms with Gasteiger partial charge in [-0.1, -0.05) is 29.8 Å². The van der Waals surface area contributed by atoms with Gasteiger partial charge in [0.2, 0.25) is 0 Å². The largest absolute Gasteiger partial charge is 0.375 e. The smallest absolute Gasteiger partial charge is 0.319 e. The summed E-state index contributed by atoms with van der Waals surface area (Å²) in [6.07, 6.45) is 0. The highest BCUT2D eigenvalue weighted by molar-refractivity contribution is 6.30. The second-order valence-corrected chi connectivity index (χ2v) is 4.34. The van der Waals surface area contributed by atoms with Gasteiger partial charge in [0, 0.05) is 17.3 Å². The predicted molar refractivity (Wildman–Crippen MR) is 74.1 cm³/mol. The first-order valence-corrected chi connectivity index (χ1v) is 5.98. The molecule has 0 spiro atoms. The molecule has 1 aromatic rings. The number of amides is 2. The first-order valence-electron chi connectivity index (χ1n) is 5.60. The first kappa shape index (κ1) is 14.5. The number of urea groups is 1. The third-order valence-corrected chi connectivity index (χ3v) is 2.20. The molecular formula is C13H17ClN2O2. The minimum atomic E-state index is -0.281. The molecule has 2 N–H and O–H groups in total. The Morgan fingerprint density at radius 1 is 1.50 bits per heavy atom. The minimum Gasteiger partial charge on any atom is -0.375 e. The number of nitrogens with one attached hydrogen (secondary N) is 2. The summed E-state index contributed by atoms with van der Waals surface area (Å²) in [4.78, 5) is 11.5. The Morgan fingerprint density at radius 3 is 2.94 bits per heavy atom. The number of rotatable bonds is 6. The molecule has 0 bridgehead atoms. The highest BCUT2D eigenvalue weighted by Crippen LogP contribution is 2.14. The molecule has 98 valence electrons. The van der Waals surface area contributed by atoms with Crippen molar-refractivity contribution in [1.29, 1.82) is 0 Å². The molecule has 5 heteroatoms. The van der Waals surface area contributed by atoms with E-state index in [1.165, 1.54) is 0 Å². The molecule has 1 aromatic carbocycles. The summed E-state index contributed by atoms with van der Waals surface area (Å²) in [5.41, 5.74) is 1.61. The van der Waals surface area contributed by atoms with Crippen LogP contribution in [0, 0.1) is 0 Å². The highest BCUT2D eigenvalue weighted by atomic mass is 35.5. The third-order valence-electron chi connectivity index (χ3n) is 1.96. The van der Waals surface area contributed by atoms with Crippen molar-refractivity contribution < 1.29 is 9.53 Å². The van der Waals surface area contributed by atoms with Gasteiger partial charge in [0.25, 0.3) is 0 Å². The van der Waals surface area contributed by atoms with Crippen LogP contribution in [0.2, 0.25) is 5.02 Å². The Labute approximate surface area is 112 Å². The lowest BCUT2D eigenvalue weighted by Gasteiger charge is -2.08. The van der Waals surface area contributed by atoms with Gasteiger partial charge in [0.15, 0.2) is 0 Å². The zero-order valence-electron chi connectivity index (χ0n) is 10.3. The number of ether oxygens (including phenoxy) is 1. The fourth-order valence-electron chi connectivity index (χ4n) is 1.22. The number of carbonyl (C=O) groups is 1. The number of carbonyl (C=O) groups excluding carboxylic acids is 1. The van der Waals surface area contributed by atoms with E-state index in [4.69, 9.17) is 16.3 Å². The SMILES string of the molecule is C=C(C)COCCNC(=O)Nc1cccc(Cl)c1. The molecule has 0 aliphatic rings. The van der Waals surface area contributed by atoms with E-state index in [9.17, 15) is 4.79 Å². The zero-order valence-corrected chi connectivity index (χ0v) is 11.1. The average molecular weight is 269 g/mol. The summed E-state index contributed by atoms with van der Waals surface area (Å²) in [7, 11) is 0. The van der Waals surface area contributed by atoms with Gasteiger partial charge in [0.05, 0.1) is 13.2 Å². The molecule has 0 radical (unpaired) electrons. The maximum Gasteiger partial charge on any atom is 0.319 e. The zero-order chi connectivity index (χ0) is 13.4. The maximum atomic E-state index is 11.5. The van der Waals surface area contributed by atoms with E-state index < -0.39 is 0 Å². The van der Waals surface area contributed by atoms with Gasteiger partial charge in [-0.25, -0.2) is 4.79 Å². The first-order chi connectivity index (χ1) is 8.58. The molecule has 0 saturated heterocycles. The number of benzene rings is 1. The predicted octanol–water partition coefficient (Wildman–Crippen LogP) is 3.05. The molecule has 4 nitrogen and oxygen atoms in total. The van der Waals surface area contributed by atoms with Crippen molar-refractivity contribution in [1.82, 2.24) is 5.32 Å². The molecule has 0 aliphatic heterocycles. The molecule has 2 amide bonds. The Balaban J connectivity index is 2.20. The minimum absolute atomic E-state index is 0.281. The van der Waals surface area contributed by atoms with Crippen LogP contribution in [-0.4, -0.2) is 25.8 Å². The molecule has 0 fully saturated rings. The van der Waals surface area contributed by atoms with Crippen LogP contribution in [-0.2, 0) is 4.74 Å². The lowest BCUT2D eigenvalue weighted by atomic mass is 10.3. The van der Waals surface area contributed by atoms with Crippen molar-refractivity contribution in [3.63, 3.8) is 0 Å². The number of hydrogen-bond donors (Lipinski definition) is 2. The van der Waals surface area contributed by atoms with Crippen molar-refractivity contribution in [3.05, 3.63) is 41.4 Å². The fourth-order valence-corrected chi connectivity index (χ4v) is 1.41. The second kappa shape index (κ2) is 7.74. The Bertz CT molecular complexity index is 421. The summed E-state index contributed by atoms with van der Waals surface area (Å²) in [5.74, 6) is 0. The van der Waals surface area contributed by atoms with Crippen LogP contribution >= 0.6 is 11.6 Å². The van der Waals surface area contributed by atoms with Gasteiger partial charge < -0.3 is 15.4 Å². The highest BCUT2D eigenvalue weighted by Gasteiger charge is 2.01. The van der Waals surface area contributed by atoms with Crippen molar-refractivity contribution in [2.24, 2.45) is 0 Å². The van der Waals surface area contributed by atoms with E-state index in [0.717, 1.165) is 5.57 Å². The summed E-state index contributed by atoms with van der Waals surface area (Å²) in [5, 5.41) is 5.93. The van der Waals surface area contributed by atoms with E-state index in [1.54, 1.807) is 24.3 Å². The van der Waals surface area contributed by atoms with E-state index >= 15 is 0 Å². The number of anilines is 1. The van der Waals surface area contributed by atoms with Crippen LogP contribution in [0.25, 0.3) is 0 Å². The van der Waals surface area contributed by atoms with E-state index in [0.29, 0.717) is 30.5 Å². The third kappa shape index (κ3) is 6.27. The van der Waals surface area contributed by atoms with Crippen LogP contribution in [0.5, 0.6) is 0 Å². The van der Waals surface area contributed by atoms with Crippen LogP contribution in [0.3, 0.4) is 0 Å². The van der Waals surface area contributed by atoms with Gasteiger partial charge >= 0.3 is 6.03 Å². The van der Waals surface area contributed by atoms with Crippen molar-refractivity contribution in [2.45, 2.75) is 6.92 Å². The van der Waals surface area contributed by atoms with Gasteiger partial charge in [-0.2, -0.15) is 0 Å². The van der Waals surface area contributed by atoms with Gasteiger partial charge in [-0.15, -0.1) is 0 Å². The van der Waals surface area contributed by atoms with E-state index in [2.05, 4.69) is 17.2 Å². The summed E-state index contributed by atoms with van der Waals surface area (Å²) >= 11 is 5.80. The summed E-state index contributed by atoms with van der Waals surface area (Å²) in [6, 6.07) is 6.68. The monoisotopic (exact) mass is 268 g/mol. The van der Waals surface area contributed by atoms with Crippen LogP contribution in [0.1, 0.15) is 6.92 Å². The molecule has 0 heterocycles. The standard InChI is InChI=1S/C13H17ClN2O2/c1-10(2)9-18-7-6-15-13(17)16-12-5-3-4-11(14)8-12/h3-5,8H,1,6-7,9H2,2H3,(H2,15,16,17). The quantitative estimate of drug-likeness (QED) is 0.615. The van der Waals surface area contributed by atoms with Crippen molar-refractivity contribution >= 4 is 23.3 Å². The normalized spacial score (nSPS) is 9.89. The fraction of sp³-hybridized carbons (Fsp3) is 0.308. The average Bonchev–Trinajstić information content (AvgIpc) is 2.28. The molecule has 0 aromatic heterocycles. The summed E-state index contributed by atoms with van der Waals surface area (Å²) in [6.45, 7) is 7.01. The lowest BCUT2D eigenvalue weighted by Crippen LogP contribution is -2.31. The van der Waals surface area contributed by atoms with Gasteiger partial charge in [-0.3, -0.25) is 0 Å². The molecule has 0 aliphatic carbocycles. The molecule has 1 rings (SSSR count). The van der Waals surface area contributed by atoms with Gasteiger partial charge in [0.1, 0.15) is 0 Å². The number of halogens is 1.